The van der Waals surface area contributed by atoms with Crippen LogP contribution < -0.4 is 4.74 Å². The summed E-state index contributed by atoms with van der Waals surface area (Å²) in [4.78, 5) is 15.2. The van der Waals surface area contributed by atoms with Gasteiger partial charge in [0, 0.05) is 39.3 Å². The number of hydrogen-bond acceptors (Lipinski definition) is 5. The van der Waals surface area contributed by atoms with E-state index < -0.39 is 5.54 Å². The van der Waals surface area contributed by atoms with Gasteiger partial charge in [0.1, 0.15) is 5.75 Å². The first-order chi connectivity index (χ1) is 11.0. The lowest BCUT2D eigenvalue weighted by atomic mass is 9.90. The van der Waals surface area contributed by atoms with Crippen LogP contribution in [0.1, 0.15) is 29.8 Å². The number of hydrogen-bond donors (Lipinski definition) is 0. The lowest BCUT2D eigenvalue weighted by Crippen LogP contribution is -2.52. The third-order valence-corrected chi connectivity index (χ3v) is 4.43. The van der Waals surface area contributed by atoms with Gasteiger partial charge in [-0.15, -0.1) is 0 Å². The molecule has 1 aromatic rings. The number of carbonyl (C=O) groups is 1. The van der Waals surface area contributed by atoms with Gasteiger partial charge in [-0.25, -0.2) is 0 Å². The number of ether oxygens (including phenoxy) is 3. The third kappa shape index (κ3) is 4.10. The fourth-order valence-electron chi connectivity index (χ4n) is 2.90. The van der Waals surface area contributed by atoms with E-state index in [0.717, 1.165) is 23.3 Å². The van der Waals surface area contributed by atoms with Crippen molar-refractivity contribution in [3.8, 4) is 5.75 Å². The number of methoxy groups -OCH3 is 2. The minimum absolute atomic E-state index is 0.111. The lowest BCUT2D eigenvalue weighted by Gasteiger charge is -2.37. The van der Waals surface area contributed by atoms with E-state index in [9.17, 15) is 4.79 Å². The van der Waals surface area contributed by atoms with Crippen molar-refractivity contribution in [2.75, 3.05) is 47.1 Å². The van der Waals surface area contributed by atoms with Crippen molar-refractivity contribution in [3.63, 3.8) is 0 Å². The summed E-state index contributed by atoms with van der Waals surface area (Å²) >= 11 is 0. The van der Waals surface area contributed by atoms with Gasteiger partial charge in [0.15, 0.2) is 5.78 Å². The van der Waals surface area contributed by atoms with Gasteiger partial charge < -0.3 is 14.2 Å². The minimum atomic E-state index is -0.620. The highest BCUT2D eigenvalue weighted by Crippen LogP contribution is 2.28. The SMILES string of the molecule is COCCN(CCOC)C(C)(C)C(=O)c1ccc2c(c1)CCO2. The molecule has 5 heteroatoms. The maximum atomic E-state index is 13.1. The number of nitrogens with zero attached hydrogens (tertiary/aromatic N) is 1. The fourth-order valence-corrected chi connectivity index (χ4v) is 2.90. The molecule has 128 valence electrons. The van der Waals surface area contributed by atoms with E-state index >= 15 is 0 Å². The Hall–Kier alpha value is -1.43. The van der Waals surface area contributed by atoms with E-state index in [2.05, 4.69) is 4.90 Å². The van der Waals surface area contributed by atoms with Crippen LogP contribution in [0.5, 0.6) is 5.75 Å². The quantitative estimate of drug-likeness (QED) is 0.653. The van der Waals surface area contributed by atoms with Crippen LogP contribution in [-0.2, 0) is 15.9 Å². The third-order valence-electron chi connectivity index (χ3n) is 4.43. The molecule has 1 aliphatic rings. The Morgan fingerprint density at radius 1 is 1.22 bits per heavy atom. The molecule has 0 atom stereocenters. The minimum Gasteiger partial charge on any atom is -0.493 e. The molecule has 0 radical (unpaired) electrons. The van der Waals surface area contributed by atoms with Crippen molar-refractivity contribution >= 4 is 5.78 Å². The second kappa shape index (κ2) is 7.90. The Kier molecular flexibility index (Phi) is 6.16. The fraction of sp³-hybridized carbons (Fsp3) is 0.611. The maximum Gasteiger partial charge on any atom is 0.182 e. The molecule has 0 amide bonds. The molecule has 0 aliphatic carbocycles. The van der Waals surface area contributed by atoms with E-state index in [1.807, 2.05) is 32.0 Å². The standard InChI is InChI=1S/C18H27NO4/c1-18(2,19(8-11-21-3)9-12-22-4)17(20)15-5-6-16-14(13-15)7-10-23-16/h5-6,13H,7-12H2,1-4H3. The second-order valence-electron chi connectivity index (χ2n) is 6.28. The van der Waals surface area contributed by atoms with Crippen LogP contribution in [0.3, 0.4) is 0 Å². The molecule has 23 heavy (non-hydrogen) atoms. The van der Waals surface area contributed by atoms with Crippen LogP contribution in [0.4, 0.5) is 0 Å². The maximum absolute atomic E-state index is 13.1. The summed E-state index contributed by atoms with van der Waals surface area (Å²) < 4.78 is 15.9. The van der Waals surface area contributed by atoms with Gasteiger partial charge in [0.2, 0.25) is 0 Å². The van der Waals surface area contributed by atoms with Crippen molar-refractivity contribution in [1.82, 2.24) is 4.90 Å². The molecule has 5 nitrogen and oxygen atoms in total. The summed E-state index contributed by atoms with van der Waals surface area (Å²) in [6, 6.07) is 5.73. The normalized spacial score (nSPS) is 14.0. The van der Waals surface area contributed by atoms with Gasteiger partial charge in [-0.1, -0.05) is 0 Å². The van der Waals surface area contributed by atoms with E-state index in [4.69, 9.17) is 14.2 Å². The first-order valence-corrected chi connectivity index (χ1v) is 8.04. The summed E-state index contributed by atoms with van der Waals surface area (Å²) in [5.41, 5.74) is 1.23. The largest absolute Gasteiger partial charge is 0.493 e. The molecule has 0 N–H and O–H groups in total. The van der Waals surface area contributed by atoms with E-state index in [-0.39, 0.29) is 5.78 Å². The molecule has 0 saturated carbocycles. The summed E-state index contributed by atoms with van der Waals surface area (Å²) in [5.74, 6) is 1.01. The van der Waals surface area contributed by atoms with E-state index in [1.54, 1.807) is 14.2 Å². The van der Waals surface area contributed by atoms with Crippen molar-refractivity contribution < 1.29 is 19.0 Å². The molecular weight excluding hydrogens is 294 g/mol. The zero-order valence-corrected chi connectivity index (χ0v) is 14.6. The summed E-state index contributed by atoms with van der Waals surface area (Å²) in [7, 11) is 3.34. The predicted octanol–water partition coefficient (Wildman–Crippen LogP) is 2.18. The van der Waals surface area contributed by atoms with Gasteiger partial charge in [0.05, 0.1) is 25.4 Å². The molecule has 2 rings (SSSR count). The van der Waals surface area contributed by atoms with E-state index in [0.29, 0.717) is 32.9 Å². The van der Waals surface area contributed by atoms with Crippen molar-refractivity contribution in [3.05, 3.63) is 29.3 Å². The van der Waals surface area contributed by atoms with Gasteiger partial charge >= 0.3 is 0 Å². The first kappa shape index (κ1) is 17.9. The number of Topliss-reactive ketones (excluding diaryl/α,β-unsaturated/α-hetero) is 1. The number of ketones is 1. The van der Waals surface area contributed by atoms with Crippen LogP contribution >= 0.6 is 0 Å². The number of fused-ring (bicyclic) bond motifs is 1. The summed E-state index contributed by atoms with van der Waals surface area (Å²) in [6.45, 7) is 7.16. The molecule has 0 fully saturated rings. The Bertz CT molecular complexity index is 534. The van der Waals surface area contributed by atoms with Crippen LogP contribution in [0, 0.1) is 0 Å². The average molecular weight is 321 g/mol. The Morgan fingerprint density at radius 3 is 2.48 bits per heavy atom. The van der Waals surface area contributed by atoms with E-state index in [1.165, 1.54) is 0 Å². The van der Waals surface area contributed by atoms with Gasteiger partial charge in [0.25, 0.3) is 0 Å². The highest BCUT2D eigenvalue weighted by molar-refractivity contribution is 6.03. The van der Waals surface area contributed by atoms with Crippen molar-refractivity contribution in [1.29, 1.82) is 0 Å². The van der Waals surface area contributed by atoms with Crippen molar-refractivity contribution in [2.45, 2.75) is 25.8 Å². The first-order valence-electron chi connectivity index (χ1n) is 8.04. The summed E-state index contributed by atoms with van der Waals surface area (Å²) in [6.07, 6.45) is 0.869. The molecule has 1 aliphatic heterocycles. The lowest BCUT2D eigenvalue weighted by molar-refractivity contribution is 0.0418. The molecule has 0 spiro atoms. The smallest absolute Gasteiger partial charge is 0.182 e. The Morgan fingerprint density at radius 2 is 1.87 bits per heavy atom. The van der Waals surface area contributed by atoms with Crippen LogP contribution in [0.2, 0.25) is 0 Å². The number of benzene rings is 1. The highest BCUT2D eigenvalue weighted by atomic mass is 16.5. The second-order valence-corrected chi connectivity index (χ2v) is 6.28. The highest BCUT2D eigenvalue weighted by Gasteiger charge is 2.35. The molecule has 0 bridgehead atoms. The van der Waals surface area contributed by atoms with Crippen LogP contribution in [-0.4, -0.2) is 63.4 Å². The number of rotatable bonds is 9. The molecule has 0 aromatic heterocycles. The van der Waals surface area contributed by atoms with Gasteiger partial charge in [-0.05, 0) is 37.6 Å². The molecule has 0 unspecified atom stereocenters. The summed E-state index contributed by atoms with van der Waals surface area (Å²) in [5, 5.41) is 0. The molecule has 0 saturated heterocycles. The zero-order valence-electron chi connectivity index (χ0n) is 14.6. The predicted molar refractivity (Wildman–Crippen MR) is 89.4 cm³/mol. The van der Waals surface area contributed by atoms with Crippen LogP contribution in [0.15, 0.2) is 18.2 Å². The Balaban J connectivity index is 2.18. The van der Waals surface area contributed by atoms with Crippen LogP contribution in [0.25, 0.3) is 0 Å². The van der Waals surface area contributed by atoms with Gasteiger partial charge in [-0.2, -0.15) is 0 Å². The Labute approximate surface area is 138 Å². The molecule has 1 heterocycles. The molecule has 1 aromatic carbocycles. The average Bonchev–Trinajstić information content (AvgIpc) is 3.01. The monoisotopic (exact) mass is 321 g/mol. The van der Waals surface area contributed by atoms with Gasteiger partial charge in [-0.3, -0.25) is 9.69 Å². The zero-order chi connectivity index (χ0) is 16.9. The topological polar surface area (TPSA) is 48.0 Å². The number of carbonyl (C=O) groups excluding carboxylic acids is 1. The molecular formula is C18H27NO4. The van der Waals surface area contributed by atoms with Crippen molar-refractivity contribution in [2.24, 2.45) is 0 Å².